The van der Waals surface area contributed by atoms with E-state index in [0.29, 0.717) is 13.0 Å². The average molecular weight is 402 g/mol. The summed E-state index contributed by atoms with van der Waals surface area (Å²) in [6.07, 6.45) is 5.89. The SMILES string of the molecule is CC(=O)OC[C@@]12C(=O)C[C@@H](C)[C@]3(C[C@@H](c4ccoc4)OC3=O)[C@H]1CCCC21CO1. The molecule has 4 fully saturated rings. The standard InChI is InChI=1S/C22H26O7/c1-13-8-18(24)22(12-27-14(2)23)17(4-3-6-20(22)11-28-20)21(13)9-16(29-19(21)25)15-5-7-26-10-15/h5,7,10,13,16-17H,3-4,6,8-9,11-12H2,1-2H3/t13-,16+,17-,20?,21-,22+/m1/s1. The Kier molecular flexibility index (Phi) is 4.01. The van der Waals surface area contributed by atoms with Gasteiger partial charge in [0.05, 0.1) is 30.0 Å². The van der Waals surface area contributed by atoms with Gasteiger partial charge in [-0.3, -0.25) is 14.4 Å². The molecule has 2 aliphatic heterocycles. The summed E-state index contributed by atoms with van der Waals surface area (Å²) in [4.78, 5) is 38.6. The number of Topliss-reactive ketones (excluding diaryl/α,β-unsaturated/α-hetero) is 1. The van der Waals surface area contributed by atoms with Gasteiger partial charge < -0.3 is 18.6 Å². The highest BCUT2D eigenvalue weighted by molar-refractivity contribution is 5.93. The molecule has 0 aromatic carbocycles. The third-order valence-electron chi connectivity index (χ3n) is 8.04. The molecule has 5 rings (SSSR count). The van der Waals surface area contributed by atoms with Crippen LogP contribution in [0.5, 0.6) is 0 Å². The lowest BCUT2D eigenvalue weighted by Gasteiger charge is -2.57. The zero-order valence-electron chi connectivity index (χ0n) is 16.8. The summed E-state index contributed by atoms with van der Waals surface area (Å²) >= 11 is 0. The van der Waals surface area contributed by atoms with Crippen LogP contribution < -0.4 is 0 Å². The molecule has 4 aliphatic rings. The van der Waals surface area contributed by atoms with Crippen LogP contribution in [-0.2, 0) is 28.6 Å². The quantitative estimate of drug-likeness (QED) is 0.566. The molecule has 7 nitrogen and oxygen atoms in total. The average Bonchev–Trinajstić information content (AvgIpc) is 3.12. The maximum atomic E-state index is 13.5. The van der Waals surface area contributed by atoms with Gasteiger partial charge in [-0.1, -0.05) is 13.3 Å². The predicted octanol–water partition coefficient (Wildman–Crippen LogP) is 2.98. The predicted molar refractivity (Wildman–Crippen MR) is 98.5 cm³/mol. The minimum atomic E-state index is -0.978. The highest BCUT2D eigenvalue weighted by Gasteiger charge is 2.77. The lowest BCUT2D eigenvalue weighted by Crippen LogP contribution is -2.66. The molecule has 0 bridgehead atoms. The molecular weight excluding hydrogens is 376 g/mol. The number of esters is 2. The van der Waals surface area contributed by atoms with E-state index in [9.17, 15) is 14.4 Å². The number of hydrogen-bond donors (Lipinski definition) is 0. The fraction of sp³-hybridized carbons (Fsp3) is 0.682. The molecule has 6 atom stereocenters. The van der Waals surface area contributed by atoms with Crippen LogP contribution in [0, 0.1) is 22.7 Å². The van der Waals surface area contributed by atoms with Crippen molar-refractivity contribution < 1.29 is 33.0 Å². The second-order valence-corrected chi connectivity index (χ2v) is 9.20. The van der Waals surface area contributed by atoms with Crippen LogP contribution >= 0.6 is 0 Å². The van der Waals surface area contributed by atoms with Crippen molar-refractivity contribution in [2.24, 2.45) is 22.7 Å². The first-order valence-electron chi connectivity index (χ1n) is 10.4. The first-order valence-corrected chi connectivity index (χ1v) is 10.4. The van der Waals surface area contributed by atoms with E-state index in [1.165, 1.54) is 6.92 Å². The molecule has 2 spiro atoms. The van der Waals surface area contributed by atoms with E-state index in [1.807, 2.05) is 13.0 Å². The fourth-order valence-corrected chi connectivity index (χ4v) is 6.53. The molecule has 2 saturated heterocycles. The highest BCUT2D eigenvalue weighted by Crippen LogP contribution is 2.69. The lowest BCUT2D eigenvalue weighted by atomic mass is 9.43. The van der Waals surface area contributed by atoms with E-state index in [1.54, 1.807) is 12.5 Å². The third-order valence-corrected chi connectivity index (χ3v) is 8.04. The minimum absolute atomic E-state index is 0.0238. The Labute approximate surface area is 169 Å². The van der Waals surface area contributed by atoms with E-state index in [-0.39, 0.29) is 42.7 Å². The Hall–Kier alpha value is -2.15. The number of carbonyl (C=O) groups excluding carboxylic acids is 3. The van der Waals surface area contributed by atoms with E-state index in [4.69, 9.17) is 18.6 Å². The van der Waals surface area contributed by atoms with Gasteiger partial charge in [0.15, 0.2) is 0 Å². The van der Waals surface area contributed by atoms with Crippen LogP contribution in [0.15, 0.2) is 23.0 Å². The number of epoxide rings is 1. The first-order chi connectivity index (χ1) is 13.9. The molecule has 29 heavy (non-hydrogen) atoms. The van der Waals surface area contributed by atoms with Crippen molar-refractivity contribution >= 4 is 17.7 Å². The largest absolute Gasteiger partial charge is 0.472 e. The molecular formula is C22H26O7. The van der Waals surface area contributed by atoms with E-state index in [0.717, 1.165) is 24.8 Å². The van der Waals surface area contributed by atoms with Crippen LogP contribution in [0.3, 0.4) is 0 Å². The summed E-state index contributed by atoms with van der Waals surface area (Å²) in [5.74, 6) is -1.04. The smallest absolute Gasteiger partial charge is 0.313 e. The number of furan rings is 1. The number of ether oxygens (including phenoxy) is 3. The molecule has 2 saturated carbocycles. The molecule has 156 valence electrons. The zero-order chi connectivity index (χ0) is 20.4. The lowest BCUT2D eigenvalue weighted by molar-refractivity contribution is -0.188. The van der Waals surface area contributed by atoms with Crippen molar-refractivity contribution in [3.05, 3.63) is 24.2 Å². The Morgan fingerprint density at radius 2 is 2.14 bits per heavy atom. The van der Waals surface area contributed by atoms with Gasteiger partial charge >= 0.3 is 11.9 Å². The van der Waals surface area contributed by atoms with Gasteiger partial charge in [-0.2, -0.15) is 0 Å². The monoisotopic (exact) mass is 402 g/mol. The molecule has 0 radical (unpaired) electrons. The molecule has 2 aliphatic carbocycles. The molecule has 0 amide bonds. The van der Waals surface area contributed by atoms with Gasteiger partial charge in [0, 0.05) is 25.3 Å². The van der Waals surface area contributed by atoms with Crippen molar-refractivity contribution in [2.75, 3.05) is 13.2 Å². The summed E-state index contributed by atoms with van der Waals surface area (Å²) in [5.41, 5.74) is -1.56. The number of carbonyl (C=O) groups is 3. The zero-order valence-corrected chi connectivity index (χ0v) is 16.8. The Balaban J connectivity index is 1.60. The van der Waals surface area contributed by atoms with Crippen LogP contribution in [0.1, 0.15) is 57.6 Å². The Morgan fingerprint density at radius 3 is 2.79 bits per heavy atom. The second-order valence-electron chi connectivity index (χ2n) is 9.20. The van der Waals surface area contributed by atoms with Gasteiger partial charge in [-0.15, -0.1) is 0 Å². The summed E-state index contributed by atoms with van der Waals surface area (Å²) in [7, 11) is 0. The van der Waals surface area contributed by atoms with Gasteiger partial charge in [-0.05, 0) is 30.7 Å². The molecule has 1 unspecified atom stereocenters. The number of cyclic esters (lactones) is 1. The van der Waals surface area contributed by atoms with Gasteiger partial charge in [0.25, 0.3) is 0 Å². The van der Waals surface area contributed by atoms with E-state index >= 15 is 0 Å². The molecule has 3 heterocycles. The van der Waals surface area contributed by atoms with Crippen molar-refractivity contribution in [3.63, 3.8) is 0 Å². The summed E-state index contributed by atoms with van der Waals surface area (Å²) in [6.45, 7) is 3.77. The molecule has 0 N–H and O–H groups in total. The van der Waals surface area contributed by atoms with Crippen molar-refractivity contribution in [1.82, 2.24) is 0 Å². The summed E-state index contributed by atoms with van der Waals surface area (Å²) in [6, 6.07) is 1.81. The van der Waals surface area contributed by atoms with Crippen LogP contribution in [0.4, 0.5) is 0 Å². The number of fused-ring (bicyclic) bond motifs is 3. The van der Waals surface area contributed by atoms with Gasteiger partial charge in [0.1, 0.15) is 24.1 Å². The summed E-state index contributed by atoms with van der Waals surface area (Å²) < 4.78 is 22.4. The molecule has 1 aromatic heterocycles. The normalized spacial score (nSPS) is 43.3. The number of hydrogen-bond acceptors (Lipinski definition) is 7. The van der Waals surface area contributed by atoms with Gasteiger partial charge in [0.2, 0.25) is 0 Å². The van der Waals surface area contributed by atoms with E-state index in [2.05, 4.69) is 0 Å². The maximum Gasteiger partial charge on any atom is 0.313 e. The Bertz CT molecular complexity index is 855. The van der Waals surface area contributed by atoms with Crippen LogP contribution in [-0.4, -0.2) is 36.5 Å². The summed E-state index contributed by atoms with van der Waals surface area (Å²) in [5, 5.41) is 0. The van der Waals surface area contributed by atoms with Crippen LogP contribution in [0.25, 0.3) is 0 Å². The van der Waals surface area contributed by atoms with Gasteiger partial charge in [-0.25, -0.2) is 0 Å². The Morgan fingerprint density at radius 1 is 1.34 bits per heavy atom. The molecule has 1 aromatic rings. The second kappa shape index (κ2) is 6.17. The maximum absolute atomic E-state index is 13.5. The first kappa shape index (κ1) is 18.9. The highest BCUT2D eigenvalue weighted by atomic mass is 16.6. The topological polar surface area (TPSA) is 95.3 Å². The number of ketones is 1. The fourth-order valence-electron chi connectivity index (χ4n) is 6.53. The van der Waals surface area contributed by atoms with Crippen LogP contribution in [0.2, 0.25) is 0 Å². The number of rotatable bonds is 3. The van der Waals surface area contributed by atoms with Crippen molar-refractivity contribution in [1.29, 1.82) is 0 Å². The minimum Gasteiger partial charge on any atom is -0.472 e. The van der Waals surface area contributed by atoms with Crippen molar-refractivity contribution in [3.8, 4) is 0 Å². The van der Waals surface area contributed by atoms with E-state index < -0.39 is 22.4 Å². The van der Waals surface area contributed by atoms with Crippen molar-refractivity contribution in [2.45, 2.75) is 57.7 Å². The third kappa shape index (κ3) is 2.37. The molecule has 7 heteroatoms.